The number of hydrogen-bond acceptors (Lipinski definition) is 4. The van der Waals surface area contributed by atoms with E-state index >= 15 is 0 Å². The maximum atomic E-state index is 11.7. The highest BCUT2D eigenvalue weighted by Crippen LogP contribution is 2.05. The minimum atomic E-state index is -0.265. The van der Waals surface area contributed by atoms with Gasteiger partial charge in [-0.05, 0) is 25.1 Å². The van der Waals surface area contributed by atoms with E-state index in [2.05, 4.69) is 20.3 Å². The van der Waals surface area contributed by atoms with Gasteiger partial charge < -0.3 is 5.32 Å². The maximum Gasteiger partial charge on any atom is 0.274 e. The van der Waals surface area contributed by atoms with E-state index < -0.39 is 0 Å². The largest absolute Gasteiger partial charge is 0.319 e. The van der Waals surface area contributed by atoms with Crippen LogP contribution in [0.5, 0.6) is 0 Å². The Morgan fingerprint density at radius 1 is 1.38 bits per heavy atom. The first kappa shape index (κ1) is 10.2. The molecule has 80 valence electrons. The number of nitrogens with one attached hydrogen (secondary N) is 1. The van der Waals surface area contributed by atoms with Gasteiger partial charge in [0.2, 0.25) is 0 Å². The molecule has 0 aromatic carbocycles. The van der Waals surface area contributed by atoms with Crippen LogP contribution in [0.15, 0.2) is 36.9 Å². The normalized spacial score (nSPS) is 9.81. The molecule has 2 rings (SSSR count). The molecule has 1 amide bonds. The first-order valence-electron chi connectivity index (χ1n) is 4.76. The second-order valence-corrected chi connectivity index (χ2v) is 3.24. The SMILES string of the molecule is Cc1cc(C(=O)Nc2cccnc2)ncn1. The lowest BCUT2D eigenvalue weighted by Crippen LogP contribution is -2.14. The van der Waals surface area contributed by atoms with Crippen LogP contribution in [0.2, 0.25) is 0 Å². The van der Waals surface area contributed by atoms with Crippen molar-refractivity contribution in [3.63, 3.8) is 0 Å². The number of nitrogens with zero attached hydrogens (tertiary/aromatic N) is 3. The molecule has 5 heteroatoms. The van der Waals surface area contributed by atoms with Gasteiger partial charge in [0.25, 0.3) is 5.91 Å². The Hall–Kier alpha value is -2.30. The molecule has 0 radical (unpaired) electrons. The maximum absolute atomic E-state index is 11.7. The van der Waals surface area contributed by atoms with Crippen LogP contribution in [0.1, 0.15) is 16.2 Å². The number of carbonyl (C=O) groups is 1. The number of hydrogen-bond donors (Lipinski definition) is 1. The second kappa shape index (κ2) is 4.48. The molecule has 0 aliphatic heterocycles. The van der Waals surface area contributed by atoms with Crippen LogP contribution in [0.3, 0.4) is 0 Å². The van der Waals surface area contributed by atoms with E-state index in [0.717, 1.165) is 5.69 Å². The highest BCUT2D eigenvalue weighted by atomic mass is 16.1. The van der Waals surface area contributed by atoms with E-state index in [-0.39, 0.29) is 5.91 Å². The van der Waals surface area contributed by atoms with Crippen molar-refractivity contribution >= 4 is 11.6 Å². The second-order valence-electron chi connectivity index (χ2n) is 3.24. The van der Waals surface area contributed by atoms with Gasteiger partial charge in [0.15, 0.2) is 0 Å². The molecular weight excluding hydrogens is 204 g/mol. The molecule has 0 saturated carbocycles. The molecule has 2 aromatic rings. The van der Waals surface area contributed by atoms with Gasteiger partial charge in [-0.3, -0.25) is 9.78 Å². The summed E-state index contributed by atoms with van der Waals surface area (Å²) in [5.41, 5.74) is 1.74. The molecule has 0 saturated heterocycles. The molecule has 0 unspecified atom stereocenters. The lowest BCUT2D eigenvalue weighted by atomic mass is 10.3. The number of anilines is 1. The Balaban J connectivity index is 2.15. The Bertz CT molecular complexity index is 498. The molecule has 0 fully saturated rings. The highest BCUT2D eigenvalue weighted by Gasteiger charge is 2.07. The number of carbonyl (C=O) groups excluding carboxylic acids is 1. The summed E-state index contributed by atoms with van der Waals surface area (Å²) in [5, 5.41) is 2.69. The average molecular weight is 214 g/mol. The topological polar surface area (TPSA) is 67.8 Å². The molecule has 5 nitrogen and oxygen atoms in total. The van der Waals surface area contributed by atoms with E-state index in [9.17, 15) is 4.79 Å². The predicted octanol–water partition coefficient (Wildman–Crippen LogP) is 1.43. The summed E-state index contributed by atoms with van der Waals surface area (Å²) in [4.78, 5) is 23.5. The summed E-state index contributed by atoms with van der Waals surface area (Å²) >= 11 is 0. The van der Waals surface area contributed by atoms with E-state index in [1.165, 1.54) is 6.33 Å². The molecule has 0 aliphatic rings. The quantitative estimate of drug-likeness (QED) is 0.821. The van der Waals surface area contributed by atoms with Crippen molar-refractivity contribution < 1.29 is 4.79 Å². The fraction of sp³-hybridized carbons (Fsp3) is 0.0909. The van der Waals surface area contributed by atoms with E-state index in [1.807, 2.05) is 6.92 Å². The number of pyridine rings is 1. The standard InChI is InChI=1S/C11H10N4O/c1-8-5-10(14-7-13-8)11(16)15-9-3-2-4-12-6-9/h2-7H,1H3,(H,15,16). The summed E-state index contributed by atoms with van der Waals surface area (Å²) in [6, 6.07) is 5.14. The number of aryl methyl sites for hydroxylation is 1. The number of rotatable bonds is 2. The molecule has 1 N–H and O–H groups in total. The van der Waals surface area contributed by atoms with Crippen LogP contribution in [0.4, 0.5) is 5.69 Å². The molecule has 0 atom stereocenters. The van der Waals surface area contributed by atoms with Crippen molar-refractivity contribution in [3.8, 4) is 0 Å². The van der Waals surface area contributed by atoms with Gasteiger partial charge in [-0.25, -0.2) is 9.97 Å². The molecule has 0 aliphatic carbocycles. The van der Waals surface area contributed by atoms with Crippen LogP contribution in [-0.2, 0) is 0 Å². The van der Waals surface area contributed by atoms with Crippen LogP contribution in [-0.4, -0.2) is 20.9 Å². The molecule has 2 aromatic heterocycles. The zero-order valence-corrected chi connectivity index (χ0v) is 8.71. The van der Waals surface area contributed by atoms with Gasteiger partial charge in [0, 0.05) is 11.9 Å². The summed E-state index contributed by atoms with van der Waals surface area (Å²) in [6.45, 7) is 1.81. The molecular formula is C11H10N4O. The van der Waals surface area contributed by atoms with Crippen molar-refractivity contribution in [1.82, 2.24) is 15.0 Å². The van der Waals surface area contributed by atoms with E-state index in [4.69, 9.17) is 0 Å². The summed E-state index contributed by atoms with van der Waals surface area (Å²) in [7, 11) is 0. The first-order chi connectivity index (χ1) is 7.75. The van der Waals surface area contributed by atoms with Crippen molar-refractivity contribution in [1.29, 1.82) is 0 Å². The van der Waals surface area contributed by atoms with Crippen molar-refractivity contribution in [3.05, 3.63) is 48.3 Å². The smallest absolute Gasteiger partial charge is 0.274 e. The van der Waals surface area contributed by atoms with E-state index in [1.54, 1.807) is 30.6 Å². The Labute approximate surface area is 92.6 Å². The number of aromatic nitrogens is 3. The molecule has 16 heavy (non-hydrogen) atoms. The predicted molar refractivity (Wildman–Crippen MR) is 59.0 cm³/mol. The van der Waals surface area contributed by atoms with Crippen molar-refractivity contribution in [2.75, 3.05) is 5.32 Å². The Morgan fingerprint density at radius 2 is 2.25 bits per heavy atom. The lowest BCUT2D eigenvalue weighted by molar-refractivity contribution is 0.102. The number of amides is 1. The van der Waals surface area contributed by atoms with Crippen LogP contribution < -0.4 is 5.32 Å². The van der Waals surface area contributed by atoms with Gasteiger partial charge in [0.1, 0.15) is 12.0 Å². The minimum absolute atomic E-state index is 0.265. The van der Waals surface area contributed by atoms with Gasteiger partial charge in [-0.15, -0.1) is 0 Å². The summed E-state index contributed by atoms with van der Waals surface area (Å²) in [5.74, 6) is -0.265. The van der Waals surface area contributed by atoms with Crippen LogP contribution in [0.25, 0.3) is 0 Å². The molecule has 2 heterocycles. The third-order valence-electron chi connectivity index (χ3n) is 1.96. The van der Waals surface area contributed by atoms with Crippen molar-refractivity contribution in [2.24, 2.45) is 0 Å². The van der Waals surface area contributed by atoms with Gasteiger partial charge in [-0.2, -0.15) is 0 Å². The monoisotopic (exact) mass is 214 g/mol. The zero-order chi connectivity index (χ0) is 11.4. The lowest BCUT2D eigenvalue weighted by Gasteiger charge is -2.03. The van der Waals surface area contributed by atoms with Crippen molar-refractivity contribution in [2.45, 2.75) is 6.92 Å². The van der Waals surface area contributed by atoms with Gasteiger partial charge in [-0.1, -0.05) is 0 Å². The van der Waals surface area contributed by atoms with Gasteiger partial charge >= 0.3 is 0 Å². The third kappa shape index (κ3) is 2.38. The fourth-order valence-corrected chi connectivity index (χ4v) is 1.21. The van der Waals surface area contributed by atoms with E-state index in [0.29, 0.717) is 11.4 Å². The Morgan fingerprint density at radius 3 is 2.94 bits per heavy atom. The van der Waals surface area contributed by atoms with Crippen LogP contribution in [0, 0.1) is 6.92 Å². The van der Waals surface area contributed by atoms with Gasteiger partial charge in [0.05, 0.1) is 11.9 Å². The van der Waals surface area contributed by atoms with Crippen LogP contribution >= 0.6 is 0 Å². The Kier molecular flexibility index (Phi) is 2.86. The molecule has 0 bridgehead atoms. The zero-order valence-electron chi connectivity index (χ0n) is 8.71. The third-order valence-corrected chi connectivity index (χ3v) is 1.96. The molecule has 0 spiro atoms. The summed E-state index contributed by atoms with van der Waals surface area (Å²) < 4.78 is 0. The fourth-order valence-electron chi connectivity index (χ4n) is 1.21. The minimum Gasteiger partial charge on any atom is -0.319 e. The first-order valence-corrected chi connectivity index (χ1v) is 4.76. The summed E-state index contributed by atoms with van der Waals surface area (Å²) in [6.07, 6.45) is 4.59. The highest BCUT2D eigenvalue weighted by molar-refractivity contribution is 6.02. The average Bonchev–Trinajstić information content (AvgIpc) is 2.30.